The molecule has 0 fully saturated rings. The van der Waals surface area contributed by atoms with E-state index in [1.165, 1.54) is 154 Å². The number of fused-ring (bicyclic) bond motifs is 12. The number of likely N-dealkylation sites (N-methyl/N-ethyl adjacent to an activating group) is 2. The van der Waals surface area contributed by atoms with Crippen molar-refractivity contribution < 1.29 is 0 Å². The summed E-state index contributed by atoms with van der Waals surface area (Å²) < 4.78 is 0. The first-order chi connectivity index (χ1) is 38.6. The summed E-state index contributed by atoms with van der Waals surface area (Å²) in [5.41, 5.74) is 26.4. The predicted molar refractivity (Wildman–Crippen MR) is 331 cm³/mol. The van der Waals surface area contributed by atoms with Gasteiger partial charge in [0.25, 0.3) is 0 Å². The Labute approximate surface area is 456 Å². The molecule has 2 unspecified atom stereocenters. The van der Waals surface area contributed by atoms with Crippen molar-refractivity contribution >= 4 is 66.5 Å². The standard InChI is InChI=1S/C76H56N2/c1-77-67-45-53(47-33-37-51(38-34-47)71-59-27-13-9-23-55(59)69(49-19-5-3-6-20-49)56-24-10-14-28-60(56)71)41-43-65(67)73-63-31-17-18-32-64(63)74-66-44-42-54(46-68(66)78(2)76(74)75(73)77)48-35-39-52(40-36-48)72-61-29-15-11-25-57(61)70(50-21-7-4-8-22-50)58-26-12-16-30-62(58)72/h3,5-7,9-11,13-25,27-46,75-76H,4,8,12,26H2,1-2H3. The van der Waals surface area contributed by atoms with E-state index in [-0.39, 0.29) is 12.1 Å². The minimum Gasteiger partial charge on any atom is -0.365 e. The van der Waals surface area contributed by atoms with E-state index in [2.05, 4.69) is 267 Å². The van der Waals surface area contributed by atoms with Gasteiger partial charge in [-0.05, 0) is 170 Å². The summed E-state index contributed by atoms with van der Waals surface area (Å²) in [4.78, 5) is 5.15. The number of benzene rings is 11. The molecule has 0 N–H and O–H groups in total. The van der Waals surface area contributed by atoms with E-state index >= 15 is 0 Å². The fourth-order valence-electron chi connectivity index (χ4n) is 14.6. The minimum atomic E-state index is 0.148. The van der Waals surface area contributed by atoms with E-state index in [1.54, 1.807) is 0 Å². The van der Waals surface area contributed by atoms with Crippen molar-refractivity contribution in [3.8, 4) is 55.6 Å². The third kappa shape index (κ3) is 6.69. The summed E-state index contributed by atoms with van der Waals surface area (Å²) in [7, 11) is 4.65. The van der Waals surface area contributed by atoms with Crippen LogP contribution in [-0.2, 0) is 6.42 Å². The van der Waals surface area contributed by atoms with E-state index < -0.39 is 0 Å². The highest BCUT2D eigenvalue weighted by Gasteiger charge is 2.47. The molecule has 2 heteroatoms. The average molecular weight is 997 g/mol. The molecule has 0 amide bonds. The van der Waals surface area contributed by atoms with E-state index in [1.807, 2.05) is 0 Å². The fourth-order valence-corrected chi connectivity index (χ4v) is 14.6. The summed E-state index contributed by atoms with van der Waals surface area (Å²) in [6.07, 6.45) is 16.3. The molecule has 0 saturated carbocycles. The Bertz CT molecular complexity index is 4510. The molecule has 2 aliphatic heterocycles. The lowest BCUT2D eigenvalue weighted by atomic mass is 9.79. The van der Waals surface area contributed by atoms with Crippen LogP contribution in [0.5, 0.6) is 0 Å². The second-order valence-electron chi connectivity index (χ2n) is 22.1. The predicted octanol–water partition coefficient (Wildman–Crippen LogP) is 17.2. The van der Waals surface area contributed by atoms with Crippen molar-refractivity contribution in [2.45, 2.75) is 37.8 Å². The van der Waals surface area contributed by atoms with Gasteiger partial charge < -0.3 is 9.80 Å². The molecule has 0 spiro atoms. The van der Waals surface area contributed by atoms with Crippen LogP contribution in [0.1, 0.15) is 47.1 Å². The van der Waals surface area contributed by atoms with Crippen molar-refractivity contribution in [2.24, 2.45) is 0 Å². The summed E-state index contributed by atoms with van der Waals surface area (Å²) in [6, 6.07) is 80.4. The summed E-state index contributed by atoms with van der Waals surface area (Å²) in [6.45, 7) is 0. The minimum absolute atomic E-state index is 0.148. The van der Waals surface area contributed by atoms with Crippen molar-refractivity contribution in [1.29, 1.82) is 0 Å². The van der Waals surface area contributed by atoms with Gasteiger partial charge in [0.1, 0.15) is 0 Å². The van der Waals surface area contributed by atoms with E-state index in [9.17, 15) is 0 Å². The van der Waals surface area contributed by atoms with Gasteiger partial charge in [-0.2, -0.15) is 0 Å². The molecule has 11 aromatic carbocycles. The Morgan fingerprint density at radius 1 is 0.346 bits per heavy atom. The lowest BCUT2D eigenvalue weighted by Gasteiger charge is -2.37. The molecule has 2 atom stereocenters. The Morgan fingerprint density at radius 3 is 1.26 bits per heavy atom. The van der Waals surface area contributed by atoms with Gasteiger partial charge in [0.05, 0.1) is 12.1 Å². The van der Waals surface area contributed by atoms with Gasteiger partial charge in [-0.1, -0.05) is 231 Å². The molecular formula is C76H56N2. The van der Waals surface area contributed by atoms with Crippen LogP contribution in [0.3, 0.4) is 0 Å². The monoisotopic (exact) mass is 996 g/mol. The number of rotatable bonds is 6. The highest BCUT2D eigenvalue weighted by atomic mass is 15.3. The zero-order valence-corrected chi connectivity index (χ0v) is 44.0. The maximum absolute atomic E-state index is 2.58. The highest BCUT2D eigenvalue weighted by Crippen LogP contribution is 2.51. The largest absolute Gasteiger partial charge is 0.365 e. The third-order valence-electron chi connectivity index (χ3n) is 18.1. The van der Waals surface area contributed by atoms with Gasteiger partial charge in [-0.15, -0.1) is 0 Å². The van der Waals surface area contributed by atoms with Crippen LogP contribution in [0.25, 0.3) is 111 Å². The van der Waals surface area contributed by atoms with Crippen LogP contribution in [0, 0.1) is 0 Å². The van der Waals surface area contributed by atoms with Crippen LogP contribution in [0.4, 0.5) is 11.4 Å². The van der Waals surface area contributed by atoms with Crippen molar-refractivity contribution in [1.82, 2.24) is 0 Å². The Hall–Kier alpha value is -9.24. The quantitative estimate of drug-likeness (QED) is 0.153. The Morgan fingerprint density at radius 2 is 0.756 bits per heavy atom. The van der Waals surface area contributed by atoms with Gasteiger partial charge >= 0.3 is 0 Å². The van der Waals surface area contributed by atoms with Crippen molar-refractivity contribution in [2.75, 3.05) is 23.9 Å². The van der Waals surface area contributed by atoms with Gasteiger partial charge in [0.2, 0.25) is 0 Å². The normalized spacial score (nSPS) is 16.8. The first kappa shape index (κ1) is 45.0. The second kappa shape index (κ2) is 17.7. The van der Waals surface area contributed by atoms with Gasteiger partial charge in [-0.3, -0.25) is 0 Å². The molecule has 11 aromatic rings. The average Bonchev–Trinajstić information content (AvgIpc) is 4.20. The second-order valence-corrected chi connectivity index (χ2v) is 22.1. The number of anilines is 2. The molecule has 0 bridgehead atoms. The molecule has 2 heterocycles. The zero-order valence-electron chi connectivity index (χ0n) is 44.0. The molecule has 0 radical (unpaired) electrons. The molecule has 3 aliphatic carbocycles. The first-order valence-electron chi connectivity index (χ1n) is 28.0. The SMILES string of the molecule is CN1c2cc(-c3ccc(-c4c5c(c(C6=CCCC=C6)c6ccccc46)CCC=C5)cc3)ccc2C2=c3ccccc3=C3c4ccc(-c5ccc(-c6c7ccccc7c(-c7ccccc7)c7ccccc67)cc5)cc4N(C)C3C21. The number of hydrogen-bond donors (Lipinski definition) is 0. The summed E-state index contributed by atoms with van der Waals surface area (Å²) in [5.74, 6) is 0. The van der Waals surface area contributed by atoms with E-state index in [0.29, 0.717) is 0 Å². The summed E-state index contributed by atoms with van der Waals surface area (Å²) >= 11 is 0. The Balaban J connectivity index is 0.738. The van der Waals surface area contributed by atoms with Crippen molar-refractivity contribution in [3.05, 3.63) is 275 Å². The van der Waals surface area contributed by atoms with Gasteiger partial charge in [0, 0.05) is 36.6 Å². The zero-order chi connectivity index (χ0) is 51.6. The molecular weight excluding hydrogens is 941 g/mol. The number of nitrogens with zero attached hydrogens (tertiary/aromatic N) is 2. The van der Waals surface area contributed by atoms with Gasteiger partial charge in [0.15, 0.2) is 0 Å². The maximum Gasteiger partial charge on any atom is 0.0797 e. The molecule has 370 valence electrons. The highest BCUT2D eigenvalue weighted by molar-refractivity contribution is 6.21. The lowest BCUT2D eigenvalue weighted by molar-refractivity contribution is 0.675. The Kier molecular flexibility index (Phi) is 10.2. The molecule has 5 aliphatic rings. The first-order valence-corrected chi connectivity index (χ1v) is 28.0. The molecule has 78 heavy (non-hydrogen) atoms. The number of allylic oxidation sites excluding steroid dienone is 5. The molecule has 0 aromatic heterocycles. The fraction of sp³-hybridized carbons (Fsp3) is 0.105. The van der Waals surface area contributed by atoms with Crippen LogP contribution >= 0.6 is 0 Å². The van der Waals surface area contributed by atoms with Crippen LogP contribution in [-0.4, -0.2) is 26.2 Å². The van der Waals surface area contributed by atoms with Crippen molar-refractivity contribution in [3.63, 3.8) is 0 Å². The van der Waals surface area contributed by atoms with E-state index in [0.717, 1.165) is 25.7 Å². The van der Waals surface area contributed by atoms with Gasteiger partial charge in [-0.25, -0.2) is 0 Å². The topological polar surface area (TPSA) is 6.48 Å². The summed E-state index contributed by atoms with van der Waals surface area (Å²) in [5, 5.41) is 10.5. The van der Waals surface area contributed by atoms with Crippen LogP contribution in [0.2, 0.25) is 0 Å². The maximum atomic E-state index is 2.58. The molecule has 2 nitrogen and oxygen atoms in total. The van der Waals surface area contributed by atoms with Crippen LogP contribution < -0.4 is 20.2 Å². The number of hydrogen-bond acceptors (Lipinski definition) is 2. The molecule has 0 saturated heterocycles. The smallest absolute Gasteiger partial charge is 0.0797 e. The molecule has 16 rings (SSSR count). The van der Waals surface area contributed by atoms with Crippen LogP contribution in [0.15, 0.2) is 237 Å². The lowest BCUT2D eigenvalue weighted by Crippen LogP contribution is -2.53. The third-order valence-corrected chi connectivity index (χ3v) is 18.1. The van der Waals surface area contributed by atoms with E-state index in [4.69, 9.17) is 0 Å².